The van der Waals surface area contributed by atoms with Crippen LogP contribution in [-0.4, -0.2) is 51.0 Å². The topological polar surface area (TPSA) is 101 Å². The maximum atomic E-state index is 12.9. The normalized spacial score (nSPS) is 14.9. The van der Waals surface area contributed by atoms with Gasteiger partial charge in [0, 0.05) is 30.8 Å². The second-order valence-electron chi connectivity index (χ2n) is 7.46. The van der Waals surface area contributed by atoms with Crippen LogP contribution in [0.15, 0.2) is 28.8 Å². The van der Waals surface area contributed by atoms with Gasteiger partial charge in [0.05, 0.1) is 22.4 Å². The predicted octanol–water partition coefficient (Wildman–Crippen LogP) is 2.58. The Labute approximate surface area is 168 Å². The highest BCUT2D eigenvalue weighted by molar-refractivity contribution is 5.97. The van der Waals surface area contributed by atoms with Crippen molar-refractivity contribution in [2.75, 3.05) is 13.1 Å². The Morgan fingerprint density at radius 1 is 1.03 bits per heavy atom. The highest BCUT2D eigenvalue weighted by Crippen LogP contribution is 2.18. The molecule has 1 aliphatic heterocycles. The van der Waals surface area contributed by atoms with Crippen molar-refractivity contribution in [3.63, 3.8) is 0 Å². The van der Waals surface area contributed by atoms with Gasteiger partial charge in [0.15, 0.2) is 5.69 Å². The smallest absolute Gasteiger partial charge is 0.273 e. The Kier molecular flexibility index (Phi) is 5.00. The molecule has 0 atom stereocenters. The maximum Gasteiger partial charge on any atom is 0.273 e. The summed E-state index contributed by atoms with van der Waals surface area (Å²) < 4.78 is 4.94. The molecule has 1 fully saturated rings. The van der Waals surface area contributed by atoms with Gasteiger partial charge in [-0.25, -0.2) is 9.97 Å². The van der Waals surface area contributed by atoms with E-state index in [9.17, 15) is 9.59 Å². The van der Waals surface area contributed by atoms with Gasteiger partial charge in [-0.2, -0.15) is 0 Å². The summed E-state index contributed by atoms with van der Waals surface area (Å²) in [6.45, 7) is 6.74. The number of likely N-dealkylation sites (tertiary alicyclic amines) is 1. The van der Waals surface area contributed by atoms with Gasteiger partial charge in [0.2, 0.25) is 0 Å². The SMILES string of the molecule is Cc1cc(C(=O)NC2CCN(C(=O)c3ccc4nc(C)c(C)nc4c3)CC2)no1. The number of rotatable bonds is 3. The van der Waals surface area contributed by atoms with Crippen molar-refractivity contribution in [3.8, 4) is 0 Å². The number of nitrogens with zero attached hydrogens (tertiary/aromatic N) is 4. The average molecular weight is 393 g/mol. The van der Waals surface area contributed by atoms with E-state index in [1.807, 2.05) is 24.8 Å². The van der Waals surface area contributed by atoms with Crippen molar-refractivity contribution in [3.05, 3.63) is 52.7 Å². The highest BCUT2D eigenvalue weighted by Gasteiger charge is 2.26. The molecule has 2 aromatic heterocycles. The van der Waals surface area contributed by atoms with Crippen LogP contribution >= 0.6 is 0 Å². The molecule has 8 nitrogen and oxygen atoms in total. The Balaban J connectivity index is 1.39. The largest absolute Gasteiger partial charge is 0.361 e. The minimum Gasteiger partial charge on any atom is -0.361 e. The molecule has 1 aromatic carbocycles. The number of hydrogen-bond donors (Lipinski definition) is 1. The molecule has 0 bridgehead atoms. The molecule has 2 amide bonds. The lowest BCUT2D eigenvalue weighted by Gasteiger charge is -2.32. The molecule has 0 saturated carbocycles. The van der Waals surface area contributed by atoms with E-state index >= 15 is 0 Å². The minimum absolute atomic E-state index is 0.0108. The number of benzene rings is 1. The fourth-order valence-electron chi connectivity index (χ4n) is 3.51. The van der Waals surface area contributed by atoms with Crippen LogP contribution in [-0.2, 0) is 0 Å². The number of fused-ring (bicyclic) bond motifs is 1. The molecule has 0 unspecified atom stereocenters. The zero-order valence-electron chi connectivity index (χ0n) is 16.7. The standard InChI is InChI=1S/C21H23N5O3/c1-12-10-19(25-29-12)20(27)24-16-6-8-26(9-7-16)21(28)15-4-5-17-18(11-15)23-14(3)13(2)22-17/h4-5,10-11,16H,6-9H2,1-3H3,(H,24,27). The van der Waals surface area contributed by atoms with Crippen molar-refractivity contribution in [2.45, 2.75) is 39.7 Å². The summed E-state index contributed by atoms with van der Waals surface area (Å²) in [5.41, 5.74) is 4.15. The number of hydrogen-bond acceptors (Lipinski definition) is 6. The van der Waals surface area contributed by atoms with Gasteiger partial charge in [-0.05, 0) is 51.8 Å². The zero-order valence-corrected chi connectivity index (χ0v) is 16.7. The van der Waals surface area contributed by atoms with E-state index in [4.69, 9.17) is 4.52 Å². The number of piperidine rings is 1. The summed E-state index contributed by atoms with van der Waals surface area (Å²) in [5, 5.41) is 6.70. The van der Waals surface area contributed by atoms with Crippen molar-refractivity contribution in [1.82, 2.24) is 25.3 Å². The Morgan fingerprint density at radius 2 is 1.72 bits per heavy atom. The van der Waals surface area contributed by atoms with Gasteiger partial charge >= 0.3 is 0 Å². The van der Waals surface area contributed by atoms with E-state index in [0.29, 0.717) is 37.3 Å². The predicted molar refractivity (Wildman–Crippen MR) is 107 cm³/mol. The van der Waals surface area contributed by atoms with Crippen molar-refractivity contribution < 1.29 is 14.1 Å². The van der Waals surface area contributed by atoms with E-state index in [1.54, 1.807) is 25.1 Å². The lowest BCUT2D eigenvalue weighted by molar-refractivity contribution is 0.0697. The summed E-state index contributed by atoms with van der Waals surface area (Å²) in [5.74, 6) is 0.329. The fourth-order valence-corrected chi connectivity index (χ4v) is 3.51. The van der Waals surface area contributed by atoms with Crippen molar-refractivity contribution in [1.29, 1.82) is 0 Å². The molecule has 0 spiro atoms. The van der Waals surface area contributed by atoms with E-state index in [0.717, 1.165) is 22.4 Å². The molecule has 1 saturated heterocycles. The first-order chi connectivity index (χ1) is 13.9. The summed E-state index contributed by atoms with van der Waals surface area (Å²) in [6, 6.07) is 7.07. The van der Waals surface area contributed by atoms with Gasteiger partial charge in [-0.15, -0.1) is 0 Å². The van der Waals surface area contributed by atoms with Gasteiger partial charge in [0.1, 0.15) is 5.76 Å². The number of nitrogens with one attached hydrogen (secondary N) is 1. The molecule has 1 N–H and O–H groups in total. The van der Waals surface area contributed by atoms with E-state index in [-0.39, 0.29) is 23.6 Å². The van der Waals surface area contributed by atoms with Crippen molar-refractivity contribution in [2.24, 2.45) is 0 Å². The molecule has 29 heavy (non-hydrogen) atoms. The van der Waals surface area contributed by atoms with Crippen LogP contribution in [0.4, 0.5) is 0 Å². The second-order valence-corrected chi connectivity index (χ2v) is 7.46. The molecule has 4 rings (SSSR count). The summed E-state index contributed by atoms with van der Waals surface area (Å²) in [4.78, 5) is 36.0. The highest BCUT2D eigenvalue weighted by atomic mass is 16.5. The maximum absolute atomic E-state index is 12.9. The molecule has 1 aliphatic rings. The number of carbonyl (C=O) groups excluding carboxylic acids is 2. The van der Waals surface area contributed by atoms with Gasteiger partial charge in [-0.3, -0.25) is 9.59 Å². The Hall–Kier alpha value is -3.29. The van der Waals surface area contributed by atoms with Crippen LogP contribution in [0.5, 0.6) is 0 Å². The molecule has 3 aromatic rings. The molecule has 150 valence electrons. The van der Waals surface area contributed by atoms with Crippen LogP contribution in [0.25, 0.3) is 11.0 Å². The van der Waals surface area contributed by atoms with Gasteiger partial charge in [-0.1, -0.05) is 5.16 Å². The number of carbonyl (C=O) groups is 2. The molecule has 0 aliphatic carbocycles. The van der Waals surface area contributed by atoms with Crippen LogP contribution < -0.4 is 5.32 Å². The first kappa shape index (κ1) is 19.0. The van der Waals surface area contributed by atoms with E-state index in [2.05, 4.69) is 20.4 Å². The minimum atomic E-state index is -0.245. The van der Waals surface area contributed by atoms with Gasteiger partial charge in [0.25, 0.3) is 11.8 Å². The Morgan fingerprint density at radius 3 is 2.38 bits per heavy atom. The number of amides is 2. The summed E-state index contributed by atoms with van der Waals surface area (Å²) in [6.07, 6.45) is 1.39. The van der Waals surface area contributed by atoms with Crippen LogP contribution in [0.3, 0.4) is 0 Å². The lowest BCUT2D eigenvalue weighted by Crippen LogP contribution is -2.46. The third kappa shape index (κ3) is 3.96. The monoisotopic (exact) mass is 393 g/mol. The first-order valence-electron chi connectivity index (χ1n) is 9.69. The van der Waals surface area contributed by atoms with Crippen LogP contribution in [0.2, 0.25) is 0 Å². The molecular weight excluding hydrogens is 370 g/mol. The molecule has 0 radical (unpaired) electrons. The lowest BCUT2D eigenvalue weighted by atomic mass is 10.0. The first-order valence-corrected chi connectivity index (χ1v) is 9.69. The third-order valence-electron chi connectivity index (χ3n) is 5.30. The molecular formula is C21H23N5O3. The third-order valence-corrected chi connectivity index (χ3v) is 5.30. The van der Waals surface area contributed by atoms with Crippen LogP contribution in [0, 0.1) is 20.8 Å². The van der Waals surface area contributed by atoms with E-state index in [1.165, 1.54) is 0 Å². The van der Waals surface area contributed by atoms with Crippen molar-refractivity contribution >= 4 is 22.8 Å². The van der Waals surface area contributed by atoms with Gasteiger partial charge < -0.3 is 14.7 Å². The fraction of sp³-hybridized carbons (Fsp3) is 0.381. The van der Waals surface area contributed by atoms with E-state index < -0.39 is 0 Å². The molecule has 3 heterocycles. The summed E-state index contributed by atoms with van der Waals surface area (Å²) >= 11 is 0. The quantitative estimate of drug-likeness (QED) is 0.734. The number of aryl methyl sites for hydroxylation is 3. The second kappa shape index (κ2) is 7.62. The zero-order chi connectivity index (χ0) is 20.5. The summed E-state index contributed by atoms with van der Waals surface area (Å²) in [7, 11) is 0. The molecule has 8 heteroatoms. The number of aromatic nitrogens is 3. The Bertz CT molecular complexity index is 1080. The van der Waals surface area contributed by atoms with Crippen LogP contribution in [0.1, 0.15) is 50.8 Å². The average Bonchev–Trinajstić information content (AvgIpc) is 3.15.